The topological polar surface area (TPSA) is 66.9 Å². The first-order chi connectivity index (χ1) is 10.3. The summed E-state index contributed by atoms with van der Waals surface area (Å²) >= 11 is 0. The van der Waals surface area contributed by atoms with Gasteiger partial charge < -0.3 is 4.74 Å². The summed E-state index contributed by atoms with van der Waals surface area (Å²) in [6.45, 7) is 3.70. The standard InChI is InChI=1S/C15H17FN2O4/c1-9(2)7-17-13(19)14(20)18(15(17)21)8-10-4-5-12(22-3)11(16)6-10/h4-6,9H,7-8H2,1-3H3. The molecule has 118 valence electrons. The number of carbonyl (C=O) groups is 3. The molecule has 1 aromatic rings. The van der Waals surface area contributed by atoms with Crippen molar-refractivity contribution in [1.82, 2.24) is 9.80 Å². The van der Waals surface area contributed by atoms with Crippen LogP contribution in [0.25, 0.3) is 0 Å². The summed E-state index contributed by atoms with van der Waals surface area (Å²) < 4.78 is 18.5. The number of urea groups is 1. The van der Waals surface area contributed by atoms with E-state index in [4.69, 9.17) is 4.74 Å². The van der Waals surface area contributed by atoms with Crippen LogP contribution in [0.2, 0.25) is 0 Å². The van der Waals surface area contributed by atoms with Crippen LogP contribution in [-0.4, -0.2) is 41.3 Å². The fraction of sp³-hybridized carbons (Fsp3) is 0.400. The molecule has 0 bridgehead atoms. The molecule has 0 atom stereocenters. The maximum absolute atomic E-state index is 13.7. The Hall–Kier alpha value is -2.44. The van der Waals surface area contributed by atoms with E-state index in [1.54, 1.807) is 0 Å². The molecule has 0 radical (unpaired) electrons. The third-order valence-electron chi connectivity index (χ3n) is 3.24. The Labute approximate surface area is 127 Å². The third-order valence-corrected chi connectivity index (χ3v) is 3.24. The van der Waals surface area contributed by atoms with Gasteiger partial charge >= 0.3 is 17.8 Å². The fourth-order valence-corrected chi connectivity index (χ4v) is 2.21. The molecule has 7 heteroatoms. The van der Waals surface area contributed by atoms with E-state index in [2.05, 4.69) is 0 Å². The molecule has 0 spiro atoms. The van der Waals surface area contributed by atoms with Gasteiger partial charge in [0.05, 0.1) is 13.7 Å². The van der Waals surface area contributed by atoms with Gasteiger partial charge in [-0.05, 0) is 23.6 Å². The van der Waals surface area contributed by atoms with E-state index in [9.17, 15) is 18.8 Å². The van der Waals surface area contributed by atoms with Crippen molar-refractivity contribution in [3.05, 3.63) is 29.6 Å². The lowest BCUT2D eigenvalue weighted by Crippen LogP contribution is -2.35. The molecule has 0 unspecified atom stereocenters. The first kappa shape index (κ1) is 15.9. The Bertz CT molecular complexity index is 630. The van der Waals surface area contributed by atoms with Crippen LogP contribution in [0.5, 0.6) is 5.75 Å². The van der Waals surface area contributed by atoms with Gasteiger partial charge in [0.2, 0.25) is 0 Å². The molecule has 4 amide bonds. The fourth-order valence-electron chi connectivity index (χ4n) is 2.21. The van der Waals surface area contributed by atoms with E-state index in [0.29, 0.717) is 5.56 Å². The molecule has 1 heterocycles. The van der Waals surface area contributed by atoms with Gasteiger partial charge in [-0.15, -0.1) is 0 Å². The van der Waals surface area contributed by atoms with Crippen molar-refractivity contribution < 1.29 is 23.5 Å². The normalized spacial score (nSPS) is 15.2. The number of hydrogen-bond donors (Lipinski definition) is 0. The van der Waals surface area contributed by atoms with Gasteiger partial charge in [-0.25, -0.2) is 9.18 Å². The summed E-state index contributed by atoms with van der Waals surface area (Å²) in [6.07, 6.45) is 0. The van der Waals surface area contributed by atoms with E-state index in [1.807, 2.05) is 13.8 Å². The van der Waals surface area contributed by atoms with E-state index >= 15 is 0 Å². The highest BCUT2D eigenvalue weighted by Crippen LogP contribution is 2.21. The largest absolute Gasteiger partial charge is 0.494 e. The third kappa shape index (κ3) is 2.93. The summed E-state index contributed by atoms with van der Waals surface area (Å²) in [5.74, 6) is -2.20. The zero-order valence-electron chi connectivity index (χ0n) is 12.6. The Kier molecular flexibility index (Phi) is 4.44. The highest BCUT2D eigenvalue weighted by molar-refractivity contribution is 6.44. The summed E-state index contributed by atoms with van der Waals surface area (Å²) in [6, 6.07) is 3.45. The predicted octanol–water partition coefficient (Wildman–Crippen LogP) is 1.78. The van der Waals surface area contributed by atoms with Crippen molar-refractivity contribution in [2.75, 3.05) is 13.7 Å². The minimum atomic E-state index is -0.887. The summed E-state index contributed by atoms with van der Waals surface area (Å²) in [7, 11) is 1.34. The zero-order chi connectivity index (χ0) is 16.4. The van der Waals surface area contributed by atoms with Gasteiger partial charge in [0.15, 0.2) is 11.6 Å². The minimum Gasteiger partial charge on any atom is -0.494 e. The van der Waals surface area contributed by atoms with Crippen molar-refractivity contribution in [3.63, 3.8) is 0 Å². The van der Waals surface area contributed by atoms with Crippen LogP contribution in [0.1, 0.15) is 19.4 Å². The highest BCUT2D eigenvalue weighted by atomic mass is 19.1. The Morgan fingerprint density at radius 3 is 2.32 bits per heavy atom. The summed E-state index contributed by atoms with van der Waals surface area (Å²) in [5, 5.41) is 0. The summed E-state index contributed by atoms with van der Waals surface area (Å²) in [5.41, 5.74) is 0.402. The molecule has 1 saturated heterocycles. The first-order valence-electron chi connectivity index (χ1n) is 6.85. The SMILES string of the molecule is COc1ccc(CN2C(=O)C(=O)N(CC(C)C)C2=O)cc1F. The second kappa shape index (κ2) is 6.13. The van der Waals surface area contributed by atoms with E-state index in [1.165, 1.54) is 25.3 Å². The van der Waals surface area contributed by atoms with Crippen LogP contribution in [0, 0.1) is 11.7 Å². The molecule has 1 aliphatic rings. The highest BCUT2D eigenvalue weighted by Gasteiger charge is 2.44. The summed E-state index contributed by atoms with van der Waals surface area (Å²) in [4.78, 5) is 37.7. The van der Waals surface area contributed by atoms with Crippen molar-refractivity contribution in [1.29, 1.82) is 0 Å². The number of halogens is 1. The number of methoxy groups -OCH3 is 1. The van der Waals surface area contributed by atoms with Crippen molar-refractivity contribution in [2.45, 2.75) is 20.4 Å². The van der Waals surface area contributed by atoms with E-state index in [0.717, 1.165) is 9.80 Å². The lowest BCUT2D eigenvalue weighted by molar-refractivity contribution is -0.143. The second-order valence-electron chi connectivity index (χ2n) is 5.45. The van der Waals surface area contributed by atoms with Gasteiger partial charge in [-0.2, -0.15) is 0 Å². The molecule has 1 fully saturated rings. The number of amides is 4. The number of benzene rings is 1. The molecular formula is C15H17FN2O4. The number of carbonyl (C=O) groups excluding carboxylic acids is 3. The molecule has 0 N–H and O–H groups in total. The van der Waals surface area contributed by atoms with Crippen LogP contribution >= 0.6 is 0 Å². The van der Waals surface area contributed by atoms with E-state index < -0.39 is 23.7 Å². The van der Waals surface area contributed by atoms with Crippen LogP contribution in [0.4, 0.5) is 9.18 Å². The lowest BCUT2D eigenvalue weighted by Gasteiger charge is -2.17. The van der Waals surface area contributed by atoms with E-state index in [-0.39, 0.29) is 24.8 Å². The predicted molar refractivity (Wildman–Crippen MR) is 75.4 cm³/mol. The van der Waals surface area contributed by atoms with Crippen LogP contribution < -0.4 is 4.74 Å². The monoisotopic (exact) mass is 308 g/mol. The van der Waals surface area contributed by atoms with Gasteiger partial charge in [0.25, 0.3) is 0 Å². The number of rotatable bonds is 5. The van der Waals surface area contributed by atoms with Crippen LogP contribution in [-0.2, 0) is 16.1 Å². The Balaban J connectivity index is 2.19. The number of nitrogens with zero attached hydrogens (tertiary/aromatic N) is 2. The van der Waals surface area contributed by atoms with Crippen molar-refractivity contribution in [2.24, 2.45) is 5.92 Å². The molecule has 0 saturated carbocycles. The molecule has 1 aliphatic heterocycles. The number of ether oxygens (including phenoxy) is 1. The first-order valence-corrected chi connectivity index (χ1v) is 6.85. The molecular weight excluding hydrogens is 291 g/mol. The van der Waals surface area contributed by atoms with Gasteiger partial charge in [0, 0.05) is 6.54 Å². The number of hydrogen-bond acceptors (Lipinski definition) is 4. The quantitative estimate of drug-likeness (QED) is 0.614. The smallest absolute Gasteiger partial charge is 0.334 e. The molecule has 6 nitrogen and oxygen atoms in total. The molecule has 22 heavy (non-hydrogen) atoms. The Morgan fingerprint density at radius 1 is 1.14 bits per heavy atom. The Morgan fingerprint density at radius 2 is 1.77 bits per heavy atom. The minimum absolute atomic E-state index is 0.0547. The molecule has 1 aromatic carbocycles. The van der Waals surface area contributed by atoms with Gasteiger partial charge in [0.1, 0.15) is 0 Å². The van der Waals surface area contributed by atoms with Gasteiger partial charge in [-0.3, -0.25) is 19.4 Å². The lowest BCUT2D eigenvalue weighted by atomic mass is 10.2. The molecule has 2 rings (SSSR count). The van der Waals surface area contributed by atoms with Gasteiger partial charge in [-0.1, -0.05) is 19.9 Å². The van der Waals surface area contributed by atoms with Crippen molar-refractivity contribution in [3.8, 4) is 5.75 Å². The maximum atomic E-state index is 13.7. The molecule has 0 aromatic heterocycles. The maximum Gasteiger partial charge on any atom is 0.334 e. The number of imide groups is 2. The average Bonchev–Trinajstić information content (AvgIpc) is 2.65. The van der Waals surface area contributed by atoms with Crippen LogP contribution in [0.3, 0.4) is 0 Å². The average molecular weight is 308 g/mol. The van der Waals surface area contributed by atoms with Crippen LogP contribution in [0.15, 0.2) is 18.2 Å². The zero-order valence-corrected chi connectivity index (χ0v) is 12.6. The van der Waals surface area contributed by atoms with Crippen molar-refractivity contribution >= 4 is 17.8 Å². The second-order valence-corrected chi connectivity index (χ2v) is 5.45. The molecule has 0 aliphatic carbocycles.